The lowest BCUT2D eigenvalue weighted by molar-refractivity contribution is -0.385. The van der Waals surface area contributed by atoms with Gasteiger partial charge in [-0.1, -0.05) is 29.3 Å². The molecule has 208 valence electrons. The lowest BCUT2D eigenvalue weighted by atomic mass is 9.91. The highest BCUT2D eigenvalue weighted by Crippen LogP contribution is 2.44. The molecule has 0 unspecified atom stereocenters. The van der Waals surface area contributed by atoms with E-state index in [1.54, 1.807) is 25.1 Å². The Labute approximate surface area is 242 Å². The number of nitrogens with zero attached hydrogens (tertiary/aromatic N) is 1. The summed E-state index contributed by atoms with van der Waals surface area (Å²) in [5, 5.41) is 24.8. The zero-order chi connectivity index (χ0) is 29.8. The number of carbonyl (C=O) groups excluding carboxylic acids is 1. The van der Waals surface area contributed by atoms with Crippen molar-refractivity contribution in [3.63, 3.8) is 0 Å². The summed E-state index contributed by atoms with van der Waals surface area (Å²) in [5.74, 6) is -0.868. The molecule has 3 aromatic rings. The normalized spacial score (nSPS) is 11.6. The van der Waals surface area contributed by atoms with Gasteiger partial charge in [0.25, 0.3) is 11.6 Å². The van der Waals surface area contributed by atoms with E-state index in [9.17, 15) is 33.2 Å². The number of nitro benzene ring substituents is 1. The highest BCUT2D eigenvalue weighted by Gasteiger charge is 2.25. The van der Waals surface area contributed by atoms with Crippen LogP contribution in [0.2, 0.25) is 10.0 Å². The van der Waals surface area contributed by atoms with Crippen LogP contribution in [0.5, 0.6) is 5.75 Å². The van der Waals surface area contributed by atoms with E-state index in [-0.39, 0.29) is 37.7 Å². The van der Waals surface area contributed by atoms with Crippen LogP contribution in [0.15, 0.2) is 74.8 Å². The molecule has 2 N–H and O–H groups in total. The fraction of sp³-hybridized carbons (Fsp3) is 0.0714. The topological polar surface area (TPSA) is 157 Å². The second-order valence-corrected chi connectivity index (χ2v) is 12.1. The third-order valence-electron chi connectivity index (χ3n) is 6.43. The molecule has 2 aliphatic rings. The smallest absolute Gasteiger partial charge is 0.282 e. The van der Waals surface area contributed by atoms with Crippen LogP contribution in [0, 0.1) is 17.0 Å². The van der Waals surface area contributed by atoms with Crippen LogP contribution in [0.1, 0.15) is 15.9 Å². The van der Waals surface area contributed by atoms with Crippen LogP contribution in [-0.2, 0) is 9.84 Å². The SMILES string of the molecule is Cc1cc(NC(=O)c2cc(S(C)(=O)=O)ccc2[N+](=O)[O-])ccc1-c1c2cc(Cl)c(=O)cc-2oc2cc(O)c(Cl)cc12. The fourth-order valence-corrected chi connectivity index (χ4v) is 5.47. The first-order valence-electron chi connectivity index (χ1n) is 11.7. The number of fused-ring (bicyclic) bond motifs is 2. The van der Waals surface area contributed by atoms with Crippen LogP contribution >= 0.6 is 23.2 Å². The number of hydrogen-bond acceptors (Lipinski definition) is 8. The zero-order valence-corrected chi connectivity index (χ0v) is 23.5. The van der Waals surface area contributed by atoms with Crippen molar-refractivity contribution in [2.75, 3.05) is 11.6 Å². The van der Waals surface area contributed by atoms with E-state index >= 15 is 0 Å². The van der Waals surface area contributed by atoms with Crippen LogP contribution in [0.25, 0.3) is 33.4 Å². The average Bonchev–Trinajstić information content (AvgIpc) is 2.89. The molecule has 0 bridgehead atoms. The van der Waals surface area contributed by atoms with E-state index in [2.05, 4.69) is 5.32 Å². The first-order chi connectivity index (χ1) is 19.2. The van der Waals surface area contributed by atoms with Crippen LogP contribution in [0.4, 0.5) is 11.4 Å². The monoisotopic (exact) mass is 612 g/mol. The number of hydrogen-bond donors (Lipinski definition) is 2. The summed E-state index contributed by atoms with van der Waals surface area (Å²) in [6.45, 7) is 1.76. The maximum absolute atomic E-state index is 13.1. The number of phenolic OH excluding ortho intramolecular Hbond substituents is 1. The summed E-state index contributed by atoms with van der Waals surface area (Å²) in [4.78, 5) is 35.8. The number of nitrogens with one attached hydrogen (secondary N) is 1. The van der Waals surface area contributed by atoms with Crippen LogP contribution < -0.4 is 10.7 Å². The minimum Gasteiger partial charge on any atom is -0.506 e. The Morgan fingerprint density at radius 3 is 2.39 bits per heavy atom. The number of aryl methyl sites for hydroxylation is 1. The van der Waals surface area contributed by atoms with E-state index in [0.717, 1.165) is 24.5 Å². The summed E-state index contributed by atoms with van der Waals surface area (Å²) >= 11 is 12.4. The van der Waals surface area contributed by atoms with Gasteiger partial charge in [-0.3, -0.25) is 19.7 Å². The number of rotatable bonds is 5. The Morgan fingerprint density at radius 2 is 1.73 bits per heavy atom. The van der Waals surface area contributed by atoms with E-state index in [1.807, 2.05) is 0 Å². The Kier molecular flexibility index (Phi) is 6.98. The van der Waals surface area contributed by atoms with Crippen molar-refractivity contribution < 1.29 is 27.7 Å². The van der Waals surface area contributed by atoms with Gasteiger partial charge < -0.3 is 14.8 Å². The van der Waals surface area contributed by atoms with Gasteiger partial charge in [0, 0.05) is 46.7 Å². The molecule has 13 heteroatoms. The van der Waals surface area contributed by atoms with E-state index in [1.165, 1.54) is 24.3 Å². The van der Waals surface area contributed by atoms with E-state index in [4.69, 9.17) is 27.6 Å². The van der Waals surface area contributed by atoms with Gasteiger partial charge in [0.15, 0.2) is 9.84 Å². The molecule has 5 rings (SSSR count). The van der Waals surface area contributed by atoms with Crippen molar-refractivity contribution in [3.8, 4) is 28.2 Å². The van der Waals surface area contributed by atoms with Crippen molar-refractivity contribution in [2.45, 2.75) is 11.8 Å². The molecule has 0 fully saturated rings. The number of halogens is 2. The molecule has 0 spiro atoms. The standard InChI is InChI=1S/C28H18Cl2N2O8S/c1-13-7-14(31-28(35)17-8-15(41(2,38)39)4-6-22(17)32(36)37)3-5-16(13)27-18-9-20(29)23(33)11-25(18)40-26-12-24(34)21(30)10-19(26)27/h3-12,33H,1-2H3,(H,31,35). The van der Waals surface area contributed by atoms with Gasteiger partial charge in [-0.2, -0.15) is 0 Å². The molecule has 0 saturated heterocycles. The van der Waals surface area contributed by atoms with Crippen LogP contribution in [-0.4, -0.2) is 30.6 Å². The highest BCUT2D eigenvalue weighted by atomic mass is 35.5. The quantitative estimate of drug-likeness (QED) is 0.130. The van der Waals surface area contributed by atoms with Gasteiger partial charge in [0.1, 0.15) is 22.7 Å². The molecule has 0 atom stereocenters. The summed E-state index contributed by atoms with van der Waals surface area (Å²) in [5.41, 5.74) is 1.50. The molecule has 10 nitrogen and oxygen atoms in total. The number of phenols is 1. The van der Waals surface area contributed by atoms with Gasteiger partial charge in [0.2, 0.25) is 5.43 Å². The maximum atomic E-state index is 13.1. The number of benzene rings is 4. The second-order valence-electron chi connectivity index (χ2n) is 9.25. The minimum atomic E-state index is -3.73. The second kappa shape index (κ2) is 10.2. The van der Waals surface area contributed by atoms with Crippen LogP contribution in [0.3, 0.4) is 0 Å². The molecule has 0 aromatic heterocycles. The van der Waals surface area contributed by atoms with Crippen molar-refractivity contribution in [1.82, 2.24) is 0 Å². The predicted molar refractivity (Wildman–Crippen MR) is 155 cm³/mol. The van der Waals surface area contributed by atoms with E-state index < -0.39 is 37.3 Å². The molecule has 0 saturated carbocycles. The predicted octanol–water partition coefficient (Wildman–Crippen LogP) is 6.45. The first-order valence-corrected chi connectivity index (χ1v) is 14.4. The van der Waals surface area contributed by atoms with Crippen molar-refractivity contribution >= 4 is 61.3 Å². The lowest BCUT2D eigenvalue weighted by Gasteiger charge is -2.18. The Balaban J connectivity index is 1.63. The van der Waals surface area contributed by atoms with Gasteiger partial charge >= 0.3 is 0 Å². The van der Waals surface area contributed by atoms with Gasteiger partial charge in [-0.15, -0.1) is 0 Å². The van der Waals surface area contributed by atoms with Gasteiger partial charge in [-0.25, -0.2) is 8.42 Å². The molecular formula is C28H18Cl2N2O8S. The summed E-state index contributed by atoms with van der Waals surface area (Å²) in [6, 6.07) is 13.4. The fourth-order valence-electron chi connectivity index (χ4n) is 4.50. The molecular weight excluding hydrogens is 595 g/mol. The average molecular weight is 613 g/mol. The Morgan fingerprint density at radius 1 is 1.00 bits per heavy atom. The molecule has 1 aliphatic carbocycles. The number of aromatic hydroxyl groups is 1. The molecule has 41 heavy (non-hydrogen) atoms. The van der Waals surface area contributed by atoms with Crippen molar-refractivity contribution in [1.29, 1.82) is 0 Å². The van der Waals surface area contributed by atoms with Gasteiger partial charge in [-0.05, 0) is 54.4 Å². The van der Waals surface area contributed by atoms with E-state index in [0.29, 0.717) is 27.6 Å². The maximum Gasteiger partial charge on any atom is 0.282 e. The van der Waals surface area contributed by atoms with Crippen molar-refractivity contribution in [3.05, 3.63) is 102 Å². The molecule has 1 amide bonds. The number of nitro groups is 1. The molecule has 0 radical (unpaired) electrons. The first kappa shape index (κ1) is 28.1. The number of amides is 1. The number of carbonyl (C=O) groups is 1. The highest BCUT2D eigenvalue weighted by molar-refractivity contribution is 7.90. The van der Waals surface area contributed by atoms with Crippen molar-refractivity contribution in [2.24, 2.45) is 0 Å². The minimum absolute atomic E-state index is 0.0300. The number of sulfone groups is 1. The summed E-state index contributed by atoms with van der Waals surface area (Å²) < 4.78 is 29.8. The summed E-state index contributed by atoms with van der Waals surface area (Å²) in [7, 11) is -3.73. The molecule has 1 aliphatic heterocycles. The zero-order valence-electron chi connectivity index (χ0n) is 21.2. The third-order valence-corrected chi connectivity index (χ3v) is 8.14. The van der Waals surface area contributed by atoms with Gasteiger partial charge in [0.05, 0.1) is 19.9 Å². The Bertz CT molecular complexity index is 2070. The molecule has 1 heterocycles. The Hall–Kier alpha value is -4.45. The third kappa shape index (κ3) is 5.22. The lowest BCUT2D eigenvalue weighted by Crippen LogP contribution is -2.15. The number of anilines is 1. The summed E-state index contributed by atoms with van der Waals surface area (Å²) in [6.07, 6.45) is 0.932. The molecule has 3 aromatic carbocycles. The largest absolute Gasteiger partial charge is 0.506 e.